The number of benzene rings is 1. The third-order valence-electron chi connectivity index (χ3n) is 3.02. The highest BCUT2D eigenvalue weighted by molar-refractivity contribution is 9.09. The lowest BCUT2D eigenvalue weighted by Crippen LogP contribution is -2.34. The van der Waals surface area contributed by atoms with Crippen molar-refractivity contribution in [1.29, 1.82) is 0 Å². The van der Waals surface area contributed by atoms with Crippen molar-refractivity contribution < 1.29 is 4.39 Å². The third-order valence-corrected chi connectivity index (χ3v) is 4.54. The molecule has 1 heterocycles. The van der Waals surface area contributed by atoms with Crippen LogP contribution < -0.4 is 4.90 Å². The van der Waals surface area contributed by atoms with Crippen LogP contribution >= 0.6 is 15.9 Å². The molecule has 0 spiro atoms. The SMILES string of the molecule is CC(C)(CBr)CN1CCc2ccc(F)cc21. The summed E-state index contributed by atoms with van der Waals surface area (Å²) in [7, 11) is 0. The number of nitrogens with zero attached hydrogens (tertiary/aromatic N) is 1. The zero-order valence-electron chi connectivity index (χ0n) is 9.76. The number of hydrogen-bond donors (Lipinski definition) is 0. The molecule has 1 aromatic rings. The van der Waals surface area contributed by atoms with E-state index in [1.165, 1.54) is 5.56 Å². The summed E-state index contributed by atoms with van der Waals surface area (Å²) in [5.74, 6) is -0.137. The molecular weight excluding hydrogens is 269 g/mol. The van der Waals surface area contributed by atoms with Crippen LogP contribution in [-0.4, -0.2) is 18.4 Å². The predicted octanol–water partition coefficient (Wildman–Crippen LogP) is 3.61. The molecule has 0 saturated carbocycles. The second kappa shape index (κ2) is 4.36. The maximum Gasteiger partial charge on any atom is 0.125 e. The van der Waals surface area contributed by atoms with Gasteiger partial charge in [0.2, 0.25) is 0 Å². The van der Waals surface area contributed by atoms with E-state index in [0.717, 1.165) is 30.5 Å². The van der Waals surface area contributed by atoms with E-state index in [4.69, 9.17) is 0 Å². The lowest BCUT2D eigenvalue weighted by atomic mass is 9.96. The lowest BCUT2D eigenvalue weighted by molar-refractivity contribution is 0.426. The highest BCUT2D eigenvalue weighted by Gasteiger charge is 2.26. The summed E-state index contributed by atoms with van der Waals surface area (Å²) in [5, 5.41) is 0.959. The third kappa shape index (κ3) is 2.40. The topological polar surface area (TPSA) is 3.24 Å². The molecule has 0 N–H and O–H groups in total. The maximum atomic E-state index is 13.2. The van der Waals surface area contributed by atoms with Crippen LogP contribution in [0.2, 0.25) is 0 Å². The van der Waals surface area contributed by atoms with Crippen molar-refractivity contribution in [2.75, 3.05) is 23.3 Å². The normalized spacial score (nSPS) is 15.4. The van der Waals surface area contributed by atoms with E-state index >= 15 is 0 Å². The van der Waals surface area contributed by atoms with Gasteiger partial charge in [-0.15, -0.1) is 0 Å². The number of anilines is 1. The average molecular weight is 286 g/mol. The van der Waals surface area contributed by atoms with Crippen LogP contribution in [0.15, 0.2) is 18.2 Å². The molecule has 0 amide bonds. The van der Waals surface area contributed by atoms with Gasteiger partial charge >= 0.3 is 0 Å². The first kappa shape index (κ1) is 11.9. The number of halogens is 2. The zero-order chi connectivity index (χ0) is 11.8. The molecule has 0 bridgehead atoms. The molecule has 16 heavy (non-hydrogen) atoms. The largest absolute Gasteiger partial charge is 0.370 e. The first-order chi connectivity index (χ1) is 7.52. The highest BCUT2D eigenvalue weighted by Crippen LogP contribution is 2.32. The Morgan fingerprint density at radius 1 is 1.44 bits per heavy atom. The monoisotopic (exact) mass is 285 g/mol. The molecule has 0 aromatic heterocycles. The second-order valence-electron chi connectivity index (χ2n) is 5.24. The number of alkyl halides is 1. The summed E-state index contributed by atoms with van der Waals surface area (Å²) in [6, 6.07) is 5.12. The molecule has 1 nitrogen and oxygen atoms in total. The van der Waals surface area contributed by atoms with Gasteiger partial charge in [-0.1, -0.05) is 35.8 Å². The van der Waals surface area contributed by atoms with E-state index in [1.54, 1.807) is 12.1 Å². The highest BCUT2D eigenvalue weighted by atomic mass is 79.9. The number of fused-ring (bicyclic) bond motifs is 1. The van der Waals surface area contributed by atoms with Crippen molar-refractivity contribution in [2.24, 2.45) is 5.41 Å². The van der Waals surface area contributed by atoms with E-state index in [2.05, 4.69) is 34.7 Å². The Labute approximate surface area is 105 Å². The molecule has 0 radical (unpaired) electrons. The molecule has 0 fully saturated rings. The molecular formula is C13H17BrFN. The van der Waals surface area contributed by atoms with Crippen molar-refractivity contribution in [2.45, 2.75) is 20.3 Å². The summed E-state index contributed by atoms with van der Waals surface area (Å²) < 4.78 is 13.2. The maximum absolute atomic E-state index is 13.2. The van der Waals surface area contributed by atoms with E-state index < -0.39 is 0 Å². The van der Waals surface area contributed by atoms with Gasteiger partial charge in [0.1, 0.15) is 5.82 Å². The van der Waals surface area contributed by atoms with Gasteiger partial charge in [-0.05, 0) is 29.5 Å². The Bertz CT molecular complexity index is 390. The van der Waals surface area contributed by atoms with Gasteiger partial charge in [-0.2, -0.15) is 0 Å². The minimum Gasteiger partial charge on any atom is -0.370 e. The van der Waals surface area contributed by atoms with Crippen molar-refractivity contribution in [3.63, 3.8) is 0 Å². The fourth-order valence-corrected chi connectivity index (χ4v) is 2.32. The van der Waals surface area contributed by atoms with Gasteiger partial charge in [0.15, 0.2) is 0 Å². The van der Waals surface area contributed by atoms with E-state index in [1.807, 2.05) is 6.07 Å². The summed E-state index contributed by atoms with van der Waals surface area (Å²) in [6.07, 6.45) is 1.04. The predicted molar refractivity (Wildman–Crippen MR) is 69.9 cm³/mol. The van der Waals surface area contributed by atoms with Gasteiger partial charge in [0.25, 0.3) is 0 Å². The summed E-state index contributed by atoms with van der Waals surface area (Å²) in [4.78, 5) is 2.29. The molecule has 1 aliphatic rings. The Hall–Kier alpha value is -0.570. The molecule has 0 unspecified atom stereocenters. The first-order valence-electron chi connectivity index (χ1n) is 5.61. The van der Waals surface area contributed by atoms with Crippen LogP contribution in [0.4, 0.5) is 10.1 Å². The molecule has 88 valence electrons. The Morgan fingerprint density at radius 2 is 2.19 bits per heavy atom. The quantitative estimate of drug-likeness (QED) is 0.767. The standard InChI is InChI=1S/C13H17BrFN/c1-13(2,8-14)9-16-6-5-10-3-4-11(15)7-12(10)16/h3-4,7H,5-6,8-9H2,1-2H3. The zero-order valence-corrected chi connectivity index (χ0v) is 11.3. The number of hydrogen-bond acceptors (Lipinski definition) is 1. The lowest BCUT2D eigenvalue weighted by Gasteiger charge is -2.30. The summed E-state index contributed by atoms with van der Waals surface area (Å²) >= 11 is 3.53. The average Bonchev–Trinajstić information content (AvgIpc) is 2.61. The van der Waals surface area contributed by atoms with Crippen LogP contribution in [-0.2, 0) is 6.42 Å². The van der Waals surface area contributed by atoms with Crippen LogP contribution in [0.25, 0.3) is 0 Å². The van der Waals surface area contributed by atoms with Crippen molar-refractivity contribution >= 4 is 21.6 Å². The Kier molecular flexibility index (Phi) is 3.24. The van der Waals surface area contributed by atoms with E-state index in [0.29, 0.717) is 0 Å². The Morgan fingerprint density at radius 3 is 2.88 bits per heavy atom. The first-order valence-corrected chi connectivity index (χ1v) is 6.73. The molecule has 0 atom stereocenters. The smallest absolute Gasteiger partial charge is 0.125 e. The van der Waals surface area contributed by atoms with Gasteiger partial charge in [-0.3, -0.25) is 0 Å². The van der Waals surface area contributed by atoms with E-state index in [9.17, 15) is 4.39 Å². The van der Waals surface area contributed by atoms with Gasteiger partial charge in [0.05, 0.1) is 0 Å². The molecule has 3 heteroatoms. The minimum atomic E-state index is -0.137. The molecule has 1 aromatic carbocycles. The van der Waals surface area contributed by atoms with Crippen molar-refractivity contribution in [1.82, 2.24) is 0 Å². The molecule has 2 rings (SSSR count). The van der Waals surface area contributed by atoms with Gasteiger partial charge in [-0.25, -0.2) is 4.39 Å². The Balaban J connectivity index is 2.20. The van der Waals surface area contributed by atoms with E-state index in [-0.39, 0.29) is 11.2 Å². The fraction of sp³-hybridized carbons (Fsp3) is 0.538. The van der Waals surface area contributed by atoms with Gasteiger partial charge < -0.3 is 4.90 Å². The van der Waals surface area contributed by atoms with Crippen molar-refractivity contribution in [3.8, 4) is 0 Å². The van der Waals surface area contributed by atoms with Crippen molar-refractivity contribution in [3.05, 3.63) is 29.6 Å². The minimum absolute atomic E-state index is 0.137. The fourth-order valence-electron chi connectivity index (χ4n) is 2.14. The van der Waals surface area contributed by atoms with Crippen LogP contribution in [0.3, 0.4) is 0 Å². The summed E-state index contributed by atoms with van der Waals surface area (Å²) in [6.45, 7) is 6.42. The molecule has 0 saturated heterocycles. The molecule has 0 aliphatic carbocycles. The van der Waals surface area contributed by atoms with Crippen LogP contribution in [0, 0.1) is 11.2 Å². The van der Waals surface area contributed by atoms with Crippen LogP contribution in [0.5, 0.6) is 0 Å². The van der Waals surface area contributed by atoms with Crippen LogP contribution in [0.1, 0.15) is 19.4 Å². The second-order valence-corrected chi connectivity index (χ2v) is 5.80. The summed E-state index contributed by atoms with van der Waals surface area (Å²) in [5.41, 5.74) is 2.56. The van der Waals surface area contributed by atoms with Gasteiger partial charge in [0, 0.05) is 24.1 Å². The number of rotatable bonds is 3. The molecule has 1 aliphatic heterocycles.